The summed E-state index contributed by atoms with van der Waals surface area (Å²) in [5.41, 5.74) is -2.59. The molecule has 1 rings (SSSR count). The molecule has 0 aliphatic heterocycles. The van der Waals surface area contributed by atoms with Crippen molar-refractivity contribution in [1.82, 2.24) is 0 Å². The average molecular weight is 302 g/mol. The Morgan fingerprint density at radius 2 is 1.38 bits per heavy atom. The van der Waals surface area contributed by atoms with E-state index in [-0.39, 0.29) is 0 Å². The summed E-state index contributed by atoms with van der Waals surface area (Å²) in [6.07, 6.45) is 1.06. The Labute approximate surface area is 120 Å². The number of hydrogen-bond donors (Lipinski definition) is 3. The van der Waals surface area contributed by atoms with Crippen molar-refractivity contribution in [1.29, 1.82) is 0 Å². The first-order valence-corrected chi connectivity index (χ1v) is 6.66. The van der Waals surface area contributed by atoms with Crippen LogP contribution in [-0.2, 0) is 23.9 Å². The number of aliphatic carboxylic acids is 3. The smallest absolute Gasteiger partial charge is 0.324 e. The van der Waals surface area contributed by atoms with Crippen LogP contribution in [0.4, 0.5) is 0 Å². The Morgan fingerprint density at radius 3 is 1.76 bits per heavy atom. The monoisotopic (exact) mass is 302 g/mol. The molecule has 0 heterocycles. The van der Waals surface area contributed by atoms with E-state index < -0.39 is 48.2 Å². The van der Waals surface area contributed by atoms with Crippen LogP contribution in [0.1, 0.15) is 44.9 Å². The quantitative estimate of drug-likeness (QED) is 0.465. The fraction of sp³-hybridized carbons (Fsp3) is 0.692. The summed E-state index contributed by atoms with van der Waals surface area (Å²) in [7, 11) is 0. The van der Waals surface area contributed by atoms with Gasteiger partial charge in [-0.1, -0.05) is 6.42 Å². The molecular formula is C13H18O8. The van der Waals surface area contributed by atoms with Crippen molar-refractivity contribution in [3.8, 4) is 0 Å². The molecule has 3 N–H and O–H groups in total. The first kappa shape index (κ1) is 16.9. The lowest BCUT2D eigenvalue weighted by Gasteiger charge is -2.28. The lowest BCUT2D eigenvalue weighted by atomic mass is 9.81. The van der Waals surface area contributed by atoms with E-state index in [0.717, 1.165) is 19.3 Å². The third kappa shape index (κ3) is 4.44. The van der Waals surface area contributed by atoms with Gasteiger partial charge >= 0.3 is 23.9 Å². The summed E-state index contributed by atoms with van der Waals surface area (Å²) in [5, 5.41) is 26.8. The Bertz CT molecular complexity index is 419. The molecule has 0 unspecified atom stereocenters. The molecule has 0 spiro atoms. The van der Waals surface area contributed by atoms with Crippen LogP contribution in [0.15, 0.2) is 0 Å². The molecule has 0 saturated heterocycles. The summed E-state index contributed by atoms with van der Waals surface area (Å²) in [4.78, 5) is 45.1. The summed E-state index contributed by atoms with van der Waals surface area (Å²) in [5.74, 6) is -6.22. The maximum atomic E-state index is 12.1. The van der Waals surface area contributed by atoms with Gasteiger partial charge in [0.2, 0.25) is 0 Å². The normalized spacial score (nSPS) is 16.2. The SMILES string of the molecule is O=C(O)CC(CC(=O)O)(C(=O)O)C(=O)OC1CCCCC1. The first-order chi connectivity index (χ1) is 9.78. The number of carbonyl (C=O) groups excluding carboxylic acids is 1. The zero-order chi connectivity index (χ0) is 16.0. The number of ether oxygens (including phenoxy) is 1. The molecule has 0 amide bonds. The van der Waals surface area contributed by atoms with E-state index in [4.69, 9.17) is 14.9 Å². The number of hydrogen-bond acceptors (Lipinski definition) is 5. The molecule has 8 nitrogen and oxygen atoms in total. The van der Waals surface area contributed by atoms with E-state index in [1.807, 2.05) is 0 Å². The third-order valence-corrected chi connectivity index (χ3v) is 3.53. The van der Waals surface area contributed by atoms with Gasteiger partial charge in [-0.3, -0.25) is 19.2 Å². The largest absolute Gasteiger partial charge is 0.481 e. The van der Waals surface area contributed by atoms with Crippen LogP contribution in [0.25, 0.3) is 0 Å². The summed E-state index contributed by atoms with van der Waals surface area (Å²) in [6.45, 7) is 0. The Kier molecular flexibility index (Phi) is 5.69. The molecule has 1 aliphatic carbocycles. The van der Waals surface area contributed by atoms with Crippen molar-refractivity contribution in [2.75, 3.05) is 0 Å². The number of esters is 1. The van der Waals surface area contributed by atoms with Gasteiger partial charge in [-0.05, 0) is 25.7 Å². The van der Waals surface area contributed by atoms with Gasteiger partial charge < -0.3 is 20.1 Å². The van der Waals surface area contributed by atoms with E-state index in [9.17, 15) is 24.3 Å². The number of carboxylic acids is 3. The molecule has 1 saturated carbocycles. The van der Waals surface area contributed by atoms with Gasteiger partial charge in [-0.15, -0.1) is 0 Å². The van der Waals surface area contributed by atoms with Gasteiger partial charge in [-0.2, -0.15) is 0 Å². The molecule has 118 valence electrons. The van der Waals surface area contributed by atoms with Gasteiger partial charge in [0.1, 0.15) is 6.10 Å². The number of carboxylic acid groups (broad SMARTS) is 3. The summed E-state index contributed by atoms with van der Waals surface area (Å²) < 4.78 is 5.07. The highest BCUT2D eigenvalue weighted by Gasteiger charge is 2.52. The van der Waals surface area contributed by atoms with Crippen molar-refractivity contribution in [2.45, 2.75) is 51.0 Å². The van der Waals surface area contributed by atoms with Gasteiger partial charge in [0.25, 0.3) is 0 Å². The van der Waals surface area contributed by atoms with Gasteiger partial charge in [0.05, 0.1) is 12.8 Å². The maximum Gasteiger partial charge on any atom is 0.324 e. The third-order valence-electron chi connectivity index (χ3n) is 3.53. The molecule has 0 aromatic carbocycles. The van der Waals surface area contributed by atoms with Gasteiger partial charge in [-0.25, -0.2) is 0 Å². The molecule has 0 aromatic rings. The van der Waals surface area contributed by atoms with E-state index in [2.05, 4.69) is 0 Å². The van der Waals surface area contributed by atoms with E-state index in [1.54, 1.807) is 0 Å². The van der Waals surface area contributed by atoms with E-state index in [0.29, 0.717) is 12.8 Å². The molecule has 8 heteroatoms. The minimum Gasteiger partial charge on any atom is -0.481 e. The van der Waals surface area contributed by atoms with E-state index >= 15 is 0 Å². The van der Waals surface area contributed by atoms with Crippen molar-refractivity contribution in [3.05, 3.63) is 0 Å². The number of carbonyl (C=O) groups is 4. The highest BCUT2D eigenvalue weighted by molar-refractivity contribution is 6.04. The fourth-order valence-electron chi connectivity index (χ4n) is 2.41. The van der Waals surface area contributed by atoms with Crippen LogP contribution in [0, 0.1) is 5.41 Å². The molecule has 0 bridgehead atoms. The Hall–Kier alpha value is -2.12. The molecule has 1 aliphatic rings. The minimum absolute atomic E-state index is 0.479. The predicted molar refractivity (Wildman–Crippen MR) is 67.5 cm³/mol. The van der Waals surface area contributed by atoms with Crippen molar-refractivity contribution in [2.24, 2.45) is 5.41 Å². The highest BCUT2D eigenvalue weighted by Crippen LogP contribution is 2.32. The Morgan fingerprint density at radius 1 is 0.905 bits per heavy atom. The fourth-order valence-corrected chi connectivity index (χ4v) is 2.41. The second kappa shape index (κ2) is 7.05. The highest BCUT2D eigenvalue weighted by atomic mass is 16.5. The standard InChI is InChI=1S/C13H18O8/c14-9(15)6-13(11(18)19,7-10(16)17)12(20)21-8-4-2-1-3-5-8/h8H,1-7H2,(H,14,15)(H,16,17)(H,18,19). The van der Waals surface area contributed by atoms with Crippen LogP contribution >= 0.6 is 0 Å². The molecule has 1 fully saturated rings. The van der Waals surface area contributed by atoms with Crippen molar-refractivity contribution >= 4 is 23.9 Å². The number of rotatable bonds is 7. The molecule has 21 heavy (non-hydrogen) atoms. The predicted octanol–water partition coefficient (Wildman–Crippen LogP) is 0.883. The molecular weight excluding hydrogens is 284 g/mol. The molecule has 0 radical (unpaired) electrons. The van der Waals surface area contributed by atoms with Crippen LogP contribution < -0.4 is 0 Å². The summed E-state index contributed by atoms with van der Waals surface area (Å²) in [6, 6.07) is 0. The van der Waals surface area contributed by atoms with Crippen molar-refractivity contribution < 1.29 is 39.2 Å². The van der Waals surface area contributed by atoms with Crippen LogP contribution in [-0.4, -0.2) is 45.3 Å². The van der Waals surface area contributed by atoms with E-state index in [1.165, 1.54) is 0 Å². The zero-order valence-electron chi connectivity index (χ0n) is 11.4. The minimum atomic E-state index is -2.59. The van der Waals surface area contributed by atoms with Crippen LogP contribution in [0.2, 0.25) is 0 Å². The Balaban J connectivity index is 2.96. The first-order valence-electron chi connectivity index (χ1n) is 6.66. The zero-order valence-corrected chi connectivity index (χ0v) is 11.4. The summed E-state index contributed by atoms with van der Waals surface area (Å²) >= 11 is 0. The second-order valence-corrected chi connectivity index (χ2v) is 5.19. The second-order valence-electron chi connectivity index (χ2n) is 5.19. The van der Waals surface area contributed by atoms with Gasteiger partial charge in [0, 0.05) is 0 Å². The average Bonchev–Trinajstić information content (AvgIpc) is 2.37. The van der Waals surface area contributed by atoms with Gasteiger partial charge in [0.15, 0.2) is 5.41 Å². The van der Waals surface area contributed by atoms with Crippen LogP contribution in [0.5, 0.6) is 0 Å². The maximum absolute atomic E-state index is 12.1. The topological polar surface area (TPSA) is 138 Å². The molecule has 0 atom stereocenters. The molecule has 0 aromatic heterocycles. The lowest BCUT2D eigenvalue weighted by molar-refractivity contribution is -0.180. The van der Waals surface area contributed by atoms with Crippen molar-refractivity contribution in [3.63, 3.8) is 0 Å². The lowest BCUT2D eigenvalue weighted by Crippen LogP contribution is -2.45. The van der Waals surface area contributed by atoms with Crippen LogP contribution in [0.3, 0.4) is 0 Å².